The van der Waals surface area contributed by atoms with Gasteiger partial charge in [-0.3, -0.25) is 4.79 Å². The first-order chi connectivity index (χ1) is 14.4. The van der Waals surface area contributed by atoms with E-state index in [1.54, 1.807) is 26.0 Å². The zero-order valence-corrected chi connectivity index (χ0v) is 17.9. The largest absolute Gasteiger partial charge is 0.378 e. The van der Waals surface area contributed by atoms with E-state index in [0.29, 0.717) is 50.8 Å². The fraction of sp³-hybridized carbons (Fsp3) is 0.381. The van der Waals surface area contributed by atoms with Crippen LogP contribution in [0.15, 0.2) is 47.4 Å². The van der Waals surface area contributed by atoms with Gasteiger partial charge in [0.1, 0.15) is 5.82 Å². The molecule has 3 rings (SSSR count). The van der Waals surface area contributed by atoms with Crippen molar-refractivity contribution >= 4 is 27.3 Å². The Kier molecular flexibility index (Phi) is 7.06. The van der Waals surface area contributed by atoms with E-state index in [1.807, 2.05) is 4.90 Å². The number of carbonyl (C=O) groups is 1. The molecule has 1 fully saturated rings. The second-order valence-electron chi connectivity index (χ2n) is 6.83. The topological polar surface area (TPSA) is 79.0 Å². The summed E-state index contributed by atoms with van der Waals surface area (Å²) in [5, 5.41) is 2.67. The predicted molar refractivity (Wildman–Crippen MR) is 114 cm³/mol. The average molecular weight is 436 g/mol. The SMILES string of the molecule is CCN(CC)S(=O)(=O)c1ccc(N2CCOCC2)c(C(=O)Nc2cccc(F)c2)c1. The Morgan fingerprint density at radius 1 is 1.13 bits per heavy atom. The summed E-state index contributed by atoms with van der Waals surface area (Å²) in [7, 11) is -3.73. The molecule has 1 heterocycles. The van der Waals surface area contributed by atoms with E-state index in [2.05, 4.69) is 5.32 Å². The quantitative estimate of drug-likeness (QED) is 0.724. The van der Waals surface area contributed by atoms with Crippen molar-refractivity contribution in [3.63, 3.8) is 0 Å². The second kappa shape index (κ2) is 9.55. The minimum absolute atomic E-state index is 0.0487. The van der Waals surface area contributed by atoms with Crippen molar-refractivity contribution in [2.75, 3.05) is 49.6 Å². The number of nitrogens with one attached hydrogen (secondary N) is 1. The zero-order valence-electron chi connectivity index (χ0n) is 17.1. The lowest BCUT2D eigenvalue weighted by molar-refractivity contribution is 0.102. The van der Waals surface area contributed by atoms with E-state index in [9.17, 15) is 17.6 Å². The van der Waals surface area contributed by atoms with Crippen LogP contribution in [0.25, 0.3) is 0 Å². The van der Waals surface area contributed by atoms with Crippen LogP contribution >= 0.6 is 0 Å². The Balaban J connectivity index is 2.02. The van der Waals surface area contributed by atoms with Gasteiger partial charge in [-0.15, -0.1) is 0 Å². The number of benzene rings is 2. The van der Waals surface area contributed by atoms with Crippen LogP contribution in [0.1, 0.15) is 24.2 Å². The van der Waals surface area contributed by atoms with Crippen LogP contribution in [0, 0.1) is 5.82 Å². The van der Waals surface area contributed by atoms with Gasteiger partial charge in [0.25, 0.3) is 5.91 Å². The van der Waals surface area contributed by atoms with Crippen LogP contribution in [-0.4, -0.2) is 58.0 Å². The normalized spacial score (nSPS) is 14.7. The number of halogens is 1. The summed E-state index contributed by atoms with van der Waals surface area (Å²) >= 11 is 0. The molecule has 0 atom stereocenters. The Bertz CT molecular complexity index is 1000. The summed E-state index contributed by atoms with van der Waals surface area (Å²) in [6.45, 7) is 6.39. The van der Waals surface area contributed by atoms with E-state index < -0.39 is 21.7 Å². The van der Waals surface area contributed by atoms with Gasteiger partial charge in [0.05, 0.1) is 23.7 Å². The summed E-state index contributed by atoms with van der Waals surface area (Å²) in [6.07, 6.45) is 0. The molecule has 1 aliphatic rings. The van der Waals surface area contributed by atoms with E-state index in [1.165, 1.54) is 34.6 Å². The number of sulfonamides is 1. The number of amides is 1. The van der Waals surface area contributed by atoms with Crippen molar-refractivity contribution < 1.29 is 22.3 Å². The Labute approximate surface area is 176 Å². The fourth-order valence-corrected chi connectivity index (χ4v) is 4.90. The molecule has 0 aromatic heterocycles. The first-order valence-corrected chi connectivity index (χ1v) is 11.3. The number of carbonyl (C=O) groups excluding carboxylic acids is 1. The van der Waals surface area contributed by atoms with Crippen molar-refractivity contribution in [1.82, 2.24) is 4.31 Å². The van der Waals surface area contributed by atoms with Gasteiger partial charge < -0.3 is 15.0 Å². The van der Waals surface area contributed by atoms with Crippen molar-refractivity contribution in [1.29, 1.82) is 0 Å². The summed E-state index contributed by atoms with van der Waals surface area (Å²) in [5.74, 6) is -0.974. The lowest BCUT2D eigenvalue weighted by atomic mass is 10.1. The maximum Gasteiger partial charge on any atom is 0.257 e. The molecule has 30 heavy (non-hydrogen) atoms. The third-order valence-corrected chi connectivity index (χ3v) is 7.04. The number of anilines is 2. The Hall–Kier alpha value is -2.49. The number of hydrogen-bond acceptors (Lipinski definition) is 5. The van der Waals surface area contributed by atoms with Gasteiger partial charge in [0, 0.05) is 37.6 Å². The smallest absolute Gasteiger partial charge is 0.257 e. The number of rotatable bonds is 7. The van der Waals surface area contributed by atoms with Crippen LogP contribution in [-0.2, 0) is 14.8 Å². The van der Waals surface area contributed by atoms with Gasteiger partial charge in [-0.05, 0) is 36.4 Å². The summed E-state index contributed by atoms with van der Waals surface area (Å²) in [5.41, 5.74) is 1.13. The molecule has 162 valence electrons. The molecule has 1 saturated heterocycles. The van der Waals surface area contributed by atoms with Gasteiger partial charge in [-0.25, -0.2) is 12.8 Å². The first-order valence-electron chi connectivity index (χ1n) is 9.90. The molecule has 0 aliphatic carbocycles. The molecular formula is C21H26FN3O4S. The van der Waals surface area contributed by atoms with Gasteiger partial charge in [-0.2, -0.15) is 4.31 Å². The van der Waals surface area contributed by atoms with Crippen LogP contribution in [0.4, 0.5) is 15.8 Å². The summed E-state index contributed by atoms with van der Waals surface area (Å²) in [6, 6.07) is 10.1. The number of morpholine rings is 1. The first kappa shape index (κ1) is 22.2. The zero-order chi connectivity index (χ0) is 21.7. The molecule has 0 spiro atoms. The molecule has 9 heteroatoms. The highest BCUT2D eigenvalue weighted by atomic mass is 32.2. The summed E-state index contributed by atoms with van der Waals surface area (Å²) in [4.78, 5) is 15.1. The van der Waals surface area contributed by atoms with Gasteiger partial charge in [-0.1, -0.05) is 19.9 Å². The van der Waals surface area contributed by atoms with Crippen molar-refractivity contribution in [2.45, 2.75) is 18.7 Å². The van der Waals surface area contributed by atoms with E-state index in [-0.39, 0.29) is 10.5 Å². The lowest BCUT2D eigenvalue weighted by Gasteiger charge is -2.30. The van der Waals surface area contributed by atoms with Crippen LogP contribution < -0.4 is 10.2 Å². The second-order valence-corrected chi connectivity index (χ2v) is 8.77. The minimum atomic E-state index is -3.73. The molecule has 2 aromatic carbocycles. The highest BCUT2D eigenvalue weighted by Crippen LogP contribution is 2.28. The molecule has 0 radical (unpaired) electrons. The molecule has 0 saturated carbocycles. The van der Waals surface area contributed by atoms with Gasteiger partial charge in [0.15, 0.2) is 0 Å². The van der Waals surface area contributed by atoms with Crippen LogP contribution in [0.5, 0.6) is 0 Å². The van der Waals surface area contributed by atoms with E-state index >= 15 is 0 Å². The maximum atomic E-state index is 13.5. The van der Waals surface area contributed by atoms with Gasteiger partial charge in [0.2, 0.25) is 10.0 Å². The molecule has 0 unspecified atom stereocenters. The third-order valence-electron chi connectivity index (χ3n) is 4.99. The highest BCUT2D eigenvalue weighted by molar-refractivity contribution is 7.89. The molecule has 7 nitrogen and oxygen atoms in total. The molecular weight excluding hydrogens is 409 g/mol. The maximum absolute atomic E-state index is 13.5. The van der Waals surface area contributed by atoms with Crippen molar-refractivity contribution in [2.24, 2.45) is 0 Å². The fourth-order valence-electron chi connectivity index (χ4n) is 3.41. The number of hydrogen-bond donors (Lipinski definition) is 1. The number of ether oxygens (including phenoxy) is 1. The third kappa shape index (κ3) is 4.80. The standard InChI is InChI=1S/C21H26FN3O4S/c1-3-25(4-2)30(27,28)18-8-9-20(24-10-12-29-13-11-24)19(15-18)21(26)23-17-7-5-6-16(22)14-17/h5-9,14-15H,3-4,10-13H2,1-2H3,(H,23,26). The predicted octanol–water partition coefficient (Wildman–Crippen LogP) is 2.95. The van der Waals surface area contributed by atoms with Crippen LogP contribution in [0.2, 0.25) is 0 Å². The molecule has 1 amide bonds. The van der Waals surface area contributed by atoms with Crippen molar-refractivity contribution in [3.8, 4) is 0 Å². The number of nitrogens with zero attached hydrogens (tertiary/aromatic N) is 2. The summed E-state index contributed by atoms with van der Waals surface area (Å²) < 4.78 is 46.2. The van der Waals surface area contributed by atoms with E-state index in [0.717, 1.165) is 0 Å². The molecule has 0 bridgehead atoms. The average Bonchev–Trinajstić information content (AvgIpc) is 2.74. The Morgan fingerprint density at radius 2 is 1.83 bits per heavy atom. The Morgan fingerprint density at radius 3 is 2.47 bits per heavy atom. The molecule has 1 aliphatic heterocycles. The lowest BCUT2D eigenvalue weighted by Crippen LogP contribution is -2.37. The minimum Gasteiger partial charge on any atom is -0.378 e. The van der Waals surface area contributed by atoms with Gasteiger partial charge >= 0.3 is 0 Å². The van der Waals surface area contributed by atoms with Crippen molar-refractivity contribution in [3.05, 3.63) is 53.8 Å². The molecule has 2 aromatic rings. The molecule has 1 N–H and O–H groups in total. The monoisotopic (exact) mass is 435 g/mol. The van der Waals surface area contributed by atoms with E-state index in [4.69, 9.17) is 4.74 Å². The van der Waals surface area contributed by atoms with Crippen LogP contribution in [0.3, 0.4) is 0 Å². The highest BCUT2D eigenvalue weighted by Gasteiger charge is 2.26.